The van der Waals surface area contributed by atoms with Gasteiger partial charge in [-0.15, -0.1) is 0 Å². The van der Waals surface area contributed by atoms with Gasteiger partial charge in [-0.1, -0.05) is 0 Å². The van der Waals surface area contributed by atoms with Crippen LogP contribution >= 0.6 is 12.6 Å². The molecule has 0 radical (unpaired) electrons. The Bertz CT molecular complexity index is 495. The minimum absolute atomic E-state index is 0.101. The number of benzene rings is 1. The van der Waals surface area contributed by atoms with Gasteiger partial charge in [-0.25, -0.2) is 0 Å². The molecular weight excluding hydrogens is 302 g/mol. The number of rotatable bonds is 4. The van der Waals surface area contributed by atoms with Crippen molar-refractivity contribution in [3.05, 3.63) is 34.4 Å². The van der Waals surface area contributed by atoms with Crippen molar-refractivity contribution >= 4 is 18.3 Å². The van der Waals surface area contributed by atoms with Crippen molar-refractivity contribution in [1.29, 1.82) is 0 Å². The van der Waals surface area contributed by atoms with Gasteiger partial charge in [0.1, 0.15) is 24.1 Å². The molecule has 116 valence electrons. The van der Waals surface area contributed by atoms with E-state index >= 15 is 0 Å². The van der Waals surface area contributed by atoms with Crippen LogP contribution in [0.1, 0.15) is 0 Å². The zero-order valence-corrected chi connectivity index (χ0v) is 11.7. The summed E-state index contributed by atoms with van der Waals surface area (Å²) in [6.45, 7) is 0. The number of hydrogen-bond donors (Lipinski definition) is 4. The highest BCUT2D eigenvalue weighted by atomic mass is 32.1. The lowest BCUT2D eigenvalue weighted by molar-refractivity contribution is -0.384. The van der Waals surface area contributed by atoms with Crippen LogP contribution in [-0.2, 0) is 4.74 Å². The van der Waals surface area contributed by atoms with E-state index in [0.717, 1.165) is 0 Å². The summed E-state index contributed by atoms with van der Waals surface area (Å²) in [5.74, 6) is 0.358. The quantitative estimate of drug-likeness (QED) is 0.342. The van der Waals surface area contributed by atoms with E-state index in [-0.39, 0.29) is 17.2 Å². The Kier molecular flexibility index (Phi) is 5.01. The zero-order valence-electron chi connectivity index (χ0n) is 10.8. The van der Waals surface area contributed by atoms with E-state index in [4.69, 9.17) is 9.47 Å². The van der Waals surface area contributed by atoms with Gasteiger partial charge in [-0.05, 0) is 12.1 Å². The molecule has 1 aliphatic rings. The van der Waals surface area contributed by atoms with Crippen molar-refractivity contribution in [3.63, 3.8) is 0 Å². The lowest BCUT2D eigenvalue weighted by Crippen LogP contribution is -2.59. The molecule has 21 heavy (non-hydrogen) atoms. The second-order valence-electron chi connectivity index (χ2n) is 4.57. The van der Waals surface area contributed by atoms with Gasteiger partial charge in [0.2, 0.25) is 6.29 Å². The number of nitrogens with zero attached hydrogens (tertiary/aromatic N) is 1. The Balaban J connectivity index is 2.08. The van der Waals surface area contributed by atoms with E-state index in [1.807, 2.05) is 0 Å². The first-order valence-corrected chi connectivity index (χ1v) is 6.79. The molecule has 0 bridgehead atoms. The first-order chi connectivity index (χ1) is 9.93. The number of aliphatic hydroxyl groups is 3. The van der Waals surface area contributed by atoms with Crippen LogP contribution in [-0.4, -0.2) is 56.7 Å². The first-order valence-electron chi connectivity index (χ1n) is 6.15. The molecule has 2 rings (SSSR count). The predicted molar refractivity (Wildman–Crippen MR) is 74.3 cm³/mol. The molecule has 3 N–H and O–H groups in total. The molecule has 1 aromatic rings. The first kappa shape index (κ1) is 16.0. The molecule has 1 aromatic carbocycles. The molecule has 0 aromatic heterocycles. The Labute approximate surface area is 125 Å². The molecule has 1 heterocycles. The number of nitro benzene ring substituents is 1. The van der Waals surface area contributed by atoms with Crippen LogP contribution in [0.4, 0.5) is 5.69 Å². The average Bonchev–Trinajstić information content (AvgIpc) is 2.48. The summed E-state index contributed by atoms with van der Waals surface area (Å²) in [7, 11) is 0. The van der Waals surface area contributed by atoms with Crippen molar-refractivity contribution < 1.29 is 29.7 Å². The molecule has 8 nitrogen and oxygen atoms in total. The van der Waals surface area contributed by atoms with Crippen molar-refractivity contribution in [2.45, 2.75) is 30.7 Å². The van der Waals surface area contributed by atoms with Gasteiger partial charge in [-0.3, -0.25) is 10.1 Å². The molecule has 1 saturated heterocycles. The molecule has 0 amide bonds. The highest BCUT2D eigenvalue weighted by Crippen LogP contribution is 2.26. The zero-order chi connectivity index (χ0) is 15.6. The maximum absolute atomic E-state index is 10.5. The summed E-state index contributed by atoms with van der Waals surface area (Å²) in [4.78, 5) is 10.00. The third-order valence-electron chi connectivity index (χ3n) is 3.15. The van der Waals surface area contributed by atoms with E-state index in [1.54, 1.807) is 0 Å². The normalized spacial score (nSPS) is 32.7. The van der Waals surface area contributed by atoms with Crippen LogP contribution in [0.25, 0.3) is 0 Å². The van der Waals surface area contributed by atoms with Crippen molar-refractivity contribution in [2.24, 2.45) is 0 Å². The molecule has 5 atom stereocenters. The fraction of sp³-hybridized carbons (Fsp3) is 0.500. The maximum Gasteiger partial charge on any atom is 0.269 e. The van der Waals surface area contributed by atoms with E-state index in [2.05, 4.69) is 12.6 Å². The van der Waals surface area contributed by atoms with Crippen LogP contribution in [0.15, 0.2) is 24.3 Å². The van der Waals surface area contributed by atoms with Gasteiger partial charge in [0.05, 0.1) is 11.0 Å². The number of hydrogen-bond acceptors (Lipinski definition) is 8. The smallest absolute Gasteiger partial charge is 0.269 e. The van der Waals surface area contributed by atoms with E-state index in [1.165, 1.54) is 24.3 Å². The fourth-order valence-electron chi connectivity index (χ4n) is 1.95. The largest absolute Gasteiger partial charge is 0.462 e. The summed E-state index contributed by atoms with van der Waals surface area (Å²) < 4.78 is 10.7. The number of aliphatic hydroxyl groups excluding tert-OH is 3. The molecule has 1 aliphatic heterocycles. The number of ether oxygens (including phenoxy) is 2. The molecular formula is C12H15NO7S. The molecule has 0 aliphatic carbocycles. The van der Waals surface area contributed by atoms with Gasteiger partial charge >= 0.3 is 0 Å². The Morgan fingerprint density at radius 3 is 2.33 bits per heavy atom. The summed E-state index contributed by atoms with van der Waals surface area (Å²) in [5.41, 5.74) is -0.101. The van der Waals surface area contributed by atoms with Crippen LogP contribution in [0.3, 0.4) is 0 Å². The van der Waals surface area contributed by atoms with Gasteiger partial charge in [0.25, 0.3) is 5.69 Å². The second kappa shape index (κ2) is 6.58. The fourth-order valence-corrected chi connectivity index (χ4v) is 2.25. The topological polar surface area (TPSA) is 122 Å². The van der Waals surface area contributed by atoms with Gasteiger partial charge in [0, 0.05) is 17.9 Å². The Morgan fingerprint density at radius 1 is 1.19 bits per heavy atom. The monoisotopic (exact) mass is 317 g/mol. The molecule has 0 saturated carbocycles. The predicted octanol–water partition coefficient (Wildman–Crippen LogP) is -0.289. The highest BCUT2D eigenvalue weighted by molar-refractivity contribution is 7.80. The van der Waals surface area contributed by atoms with Crippen molar-refractivity contribution in [1.82, 2.24) is 0 Å². The SMILES string of the molecule is O=[N+]([O-])c1ccc(O[C@@H]2O[C@H](CS)[C@@H](O)[C@H](O)[C@H]2O)cc1. The number of nitro groups is 1. The highest BCUT2D eigenvalue weighted by Gasteiger charge is 2.44. The van der Waals surface area contributed by atoms with Crippen LogP contribution < -0.4 is 4.74 Å². The number of thiol groups is 1. The molecule has 1 fully saturated rings. The van der Waals surface area contributed by atoms with E-state index < -0.39 is 35.6 Å². The minimum Gasteiger partial charge on any atom is -0.462 e. The van der Waals surface area contributed by atoms with Crippen molar-refractivity contribution in [3.8, 4) is 5.75 Å². The number of non-ortho nitro benzene ring substituents is 1. The Hall–Kier alpha value is -1.39. The summed E-state index contributed by atoms with van der Waals surface area (Å²) in [6, 6.07) is 5.18. The van der Waals surface area contributed by atoms with E-state index in [9.17, 15) is 25.4 Å². The molecule has 9 heteroatoms. The molecule has 0 unspecified atom stereocenters. The van der Waals surface area contributed by atoms with Crippen LogP contribution in [0.2, 0.25) is 0 Å². The van der Waals surface area contributed by atoms with Crippen LogP contribution in [0, 0.1) is 10.1 Å². The van der Waals surface area contributed by atoms with Crippen LogP contribution in [0.5, 0.6) is 5.75 Å². The molecule has 0 spiro atoms. The lowest BCUT2D eigenvalue weighted by atomic mass is 10.00. The average molecular weight is 317 g/mol. The standard InChI is InChI=1S/C12H15NO7S/c14-9-8(5-21)20-12(11(16)10(9)15)19-7-3-1-6(2-4-7)13(17)18/h1-4,8-12,14-16,21H,5H2/t8-,9-,10+,11-,12-/m1/s1. The van der Waals surface area contributed by atoms with E-state index in [0.29, 0.717) is 0 Å². The summed E-state index contributed by atoms with van der Waals surface area (Å²) >= 11 is 3.99. The van der Waals surface area contributed by atoms with Gasteiger partial charge < -0.3 is 24.8 Å². The Morgan fingerprint density at radius 2 is 1.81 bits per heavy atom. The minimum atomic E-state index is -1.45. The maximum atomic E-state index is 10.5. The lowest BCUT2D eigenvalue weighted by Gasteiger charge is -2.39. The van der Waals surface area contributed by atoms with Gasteiger partial charge in [-0.2, -0.15) is 12.6 Å². The summed E-state index contributed by atoms with van der Waals surface area (Å²) in [5, 5.41) is 39.8. The van der Waals surface area contributed by atoms with Gasteiger partial charge in [0.15, 0.2) is 0 Å². The second-order valence-corrected chi connectivity index (χ2v) is 4.93. The van der Waals surface area contributed by atoms with Crippen molar-refractivity contribution in [2.75, 3.05) is 5.75 Å². The third kappa shape index (κ3) is 3.44. The summed E-state index contributed by atoms with van der Waals surface area (Å²) in [6.07, 6.45) is -6.16. The third-order valence-corrected chi connectivity index (χ3v) is 3.51.